The molecule has 4 unspecified atom stereocenters. The Labute approximate surface area is 201 Å². The summed E-state index contributed by atoms with van der Waals surface area (Å²) in [7, 11) is 0. The van der Waals surface area contributed by atoms with Crippen molar-refractivity contribution >= 4 is 5.91 Å². The minimum atomic E-state index is -0.352. The van der Waals surface area contributed by atoms with Crippen LogP contribution in [0.25, 0.3) is 0 Å². The minimum absolute atomic E-state index is 0.0181. The number of likely N-dealkylation sites (tertiary alicyclic amines) is 1. The summed E-state index contributed by atoms with van der Waals surface area (Å²) in [6.45, 7) is 1.42. The summed E-state index contributed by atoms with van der Waals surface area (Å²) in [5, 5.41) is 13.9. The molecule has 4 aliphatic rings. The second kappa shape index (κ2) is 8.97. The van der Waals surface area contributed by atoms with Gasteiger partial charge >= 0.3 is 0 Å². The number of benzene rings is 1. The molecule has 180 valence electrons. The molecule has 2 fully saturated rings. The van der Waals surface area contributed by atoms with Crippen LogP contribution in [0, 0.1) is 17.8 Å². The number of aliphatic hydroxyl groups excluding tert-OH is 1. The van der Waals surface area contributed by atoms with Crippen molar-refractivity contribution in [1.82, 2.24) is 14.8 Å². The predicted molar refractivity (Wildman–Crippen MR) is 130 cm³/mol. The van der Waals surface area contributed by atoms with E-state index in [1.165, 1.54) is 43.2 Å². The van der Waals surface area contributed by atoms with Crippen molar-refractivity contribution < 1.29 is 9.90 Å². The molecule has 1 aromatic heterocycles. The summed E-state index contributed by atoms with van der Waals surface area (Å²) in [5.74, 6) is 0.533. The lowest BCUT2D eigenvalue weighted by Crippen LogP contribution is -2.52. The third-order valence-electron chi connectivity index (χ3n) is 8.93. The molecular formula is C28H35N3O3. The number of aliphatic hydroxyl groups is 1. The highest BCUT2D eigenvalue weighted by Crippen LogP contribution is 2.49. The molecule has 6 heteroatoms. The van der Waals surface area contributed by atoms with Crippen molar-refractivity contribution in [3.05, 3.63) is 69.6 Å². The van der Waals surface area contributed by atoms with Crippen LogP contribution in [-0.4, -0.2) is 45.7 Å². The SMILES string of the molecule is O=C(NC1Cc2ccccc2C1)C1C(CO)C2Cn3c(cccc3=O)C2N1CC1CCCCC1. The topological polar surface area (TPSA) is 74.6 Å². The highest BCUT2D eigenvalue weighted by Gasteiger charge is 2.55. The van der Waals surface area contributed by atoms with Gasteiger partial charge in [-0.2, -0.15) is 0 Å². The number of fused-ring (bicyclic) bond motifs is 4. The first-order valence-electron chi connectivity index (χ1n) is 13.1. The molecule has 1 saturated heterocycles. The third-order valence-corrected chi connectivity index (χ3v) is 8.93. The van der Waals surface area contributed by atoms with Gasteiger partial charge in [-0.25, -0.2) is 0 Å². The van der Waals surface area contributed by atoms with Crippen molar-refractivity contribution in [3.8, 4) is 0 Å². The highest BCUT2D eigenvalue weighted by molar-refractivity contribution is 5.83. The second-order valence-corrected chi connectivity index (χ2v) is 10.9. The first-order chi connectivity index (χ1) is 16.6. The van der Waals surface area contributed by atoms with Gasteiger partial charge in [-0.3, -0.25) is 14.5 Å². The maximum Gasteiger partial charge on any atom is 0.250 e. The van der Waals surface area contributed by atoms with E-state index in [2.05, 4.69) is 34.5 Å². The maximum atomic E-state index is 13.9. The predicted octanol–water partition coefficient (Wildman–Crippen LogP) is 2.68. The number of carbonyl (C=O) groups excluding carboxylic acids is 1. The molecule has 3 heterocycles. The summed E-state index contributed by atoms with van der Waals surface area (Å²) in [4.78, 5) is 28.8. The fourth-order valence-corrected chi connectivity index (χ4v) is 7.38. The zero-order valence-corrected chi connectivity index (χ0v) is 19.7. The Morgan fingerprint density at radius 2 is 1.74 bits per heavy atom. The average Bonchev–Trinajstić information content (AvgIpc) is 3.51. The first-order valence-corrected chi connectivity index (χ1v) is 13.1. The summed E-state index contributed by atoms with van der Waals surface area (Å²) >= 11 is 0. The molecule has 1 amide bonds. The Morgan fingerprint density at radius 1 is 1.00 bits per heavy atom. The number of hydrogen-bond acceptors (Lipinski definition) is 4. The molecule has 0 radical (unpaired) electrons. The van der Waals surface area contributed by atoms with E-state index in [1.807, 2.05) is 16.7 Å². The van der Waals surface area contributed by atoms with Crippen molar-refractivity contribution in [2.45, 2.75) is 69.6 Å². The van der Waals surface area contributed by atoms with Gasteiger partial charge in [0, 0.05) is 49.3 Å². The molecule has 1 saturated carbocycles. The summed E-state index contributed by atoms with van der Waals surface area (Å²) in [6, 6.07) is 13.7. The van der Waals surface area contributed by atoms with Crippen LogP contribution in [-0.2, 0) is 24.2 Å². The van der Waals surface area contributed by atoms with Gasteiger partial charge in [-0.1, -0.05) is 49.6 Å². The largest absolute Gasteiger partial charge is 0.396 e. The van der Waals surface area contributed by atoms with Crippen LogP contribution in [0.2, 0.25) is 0 Å². The van der Waals surface area contributed by atoms with E-state index in [4.69, 9.17) is 0 Å². The first kappa shape index (κ1) is 22.1. The van der Waals surface area contributed by atoms with E-state index < -0.39 is 0 Å². The van der Waals surface area contributed by atoms with Crippen LogP contribution < -0.4 is 10.9 Å². The van der Waals surface area contributed by atoms with E-state index in [0.717, 1.165) is 25.1 Å². The summed E-state index contributed by atoms with van der Waals surface area (Å²) in [5.41, 5.74) is 3.67. The molecule has 4 atom stereocenters. The monoisotopic (exact) mass is 461 g/mol. The molecule has 2 aromatic rings. The van der Waals surface area contributed by atoms with Crippen LogP contribution in [0.15, 0.2) is 47.3 Å². The Bertz CT molecular complexity index is 1100. The molecule has 1 aromatic carbocycles. The van der Waals surface area contributed by atoms with E-state index >= 15 is 0 Å². The number of amides is 1. The number of nitrogens with one attached hydrogen (secondary N) is 1. The van der Waals surface area contributed by atoms with Gasteiger partial charge in [-0.05, 0) is 48.8 Å². The van der Waals surface area contributed by atoms with E-state index in [1.54, 1.807) is 6.07 Å². The number of rotatable bonds is 5. The molecular weight excluding hydrogens is 426 g/mol. The lowest BCUT2D eigenvalue weighted by molar-refractivity contribution is -0.128. The zero-order chi connectivity index (χ0) is 23.2. The standard InChI is InChI=1S/C28H35N3O3/c32-17-23-22-16-30-24(11-6-12-25(30)33)26(22)31(15-18-7-2-1-3-8-18)27(23)28(34)29-21-13-19-9-4-5-10-20(19)14-21/h4-6,9-12,18,21-23,26-27,32H,1-3,7-8,13-17H2,(H,29,34). The van der Waals surface area contributed by atoms with Gasteiger partial charge in [0.1, 0.15) is 0 Å². The number of aromatic nitrogens is 1. The van der Waals surface area contributed by atoms with Crippen LogP contribution >= 0.6 is 0 Å². The smallest absolute Gasteiger partial charge is 0.250 e. The van der Waals surface area contributed by atoms with Crippen molar-refractivity contribution in [3.63, 3.8) is 0 Å². The molecule has 2 aliphatic carbocycles. The lowest BCUT2D eigenvalue weighted by Gasteiger charge is -2.35. The molecule has 0 spiro atoms. The van der Waals surface area contributed by atoms with Gasteiger partial charge in [0.05, 0.1) is 12.1 Å². The quantitative estimate of drug-likeness (QED) is 0.718. The number of hydrogen-bond donors (Lipinski definition) is 2. The van der Waals surface area contributed by atoms with E-state index in [-0.39, 0.29) is 48.0 Å². The molecule has 0 bridgehead atoms. The van der Waals surface area contributed by atoms with Gasteiger partial charge in [-0.15, -0.1) is 0 Å². The minimum Gasteiger partial charge on any atom is -0.396 e. The van der Waals surface area contributed by atoms with Crippen molar-refractivity contribution in [2.24, 2.45) is 17.8 Å². The van der Waals surface area contributed by atoms with E-state index in [9.17, 15) is 14.7 Å². The van der Waals surface area contributed by atoms with Crippen LogP contribution in [0.5, 0.6) is 0 Å². The Balaban J connectivity index is 1.29. The van der Waals surface area contributed by atoms with Gasteiger partial charge in [0.2, 0.25) is 5.91 Å². The number of pyridine rings is 1. The van der Waals surface area contributed by atoms with Gasteiger partial charge in [0.15, 0.2) is 0 Å². The molecule has 6 nitrogen and oxygen atoms in total. The van der Waals surface area contributed by atoms with Crippen LogP contribution in [0.1, 0.15) is 55.0 Å². The fourth-order valence-electron chi connectivity index (χ4n) is 7.38. The van der Waals surface area contributed by atoms with Gasteiger partial charge in [0.25, 0.3) is 5.56 Å². The average molecular weight is 462 g/mol. The summed E-state index contributed by atoms with van der Waals surface area (Å²) < 4.78 is 1.87. The normalized spacial score (nSPS) is 29.1. The van der Waals surface area contributed by atoms with Crippen LogP contribution in [0.4, 0.5) is 0 Å². The molecule has 2 aliphatic heterocycles. The third kappa shape index (κ3) is 3.72. The Morgan fingerprint density at radius 3 is 2.44 bits per heavy atom. The van der Waals surface area contributed by atoms with Crippen molar-refractivity contribution in [1.29, 1.82) is 0 Å². The molecule has 6 rings (SSSR count). The van der Waals surface area contributed by atoms with Crippen LogP contribution in [0.3, 0.4) is 0 Å². The fraction of sp³-hybridized carbons (Fsp3) is 0.571. The van der Waals surface area contributed by atoms with E-state index in [0.29, 0.717) is 12.5 Å². The number of nitrogens with zero attached hydrogens (tertiary/aromatic N) is 2. The summed E-state index contributed by atoms with van der Waals surface area (Å²) in [6.07, 6.45) is 7.94. The molecule has 2 N–H and O–H groups in total. The maximum absolute atomic E-state index is 13.9. The second-order valence-electron chi connectivity index (χ2n) is 10.9. The lowest BCUT2D eigenvalue weighted by atomic mass is 9.88. The Kier molecular flexibility index (Phi) is 5.82. The van der Waals surface area contributed by atoms with Crippen molar-refractivity contribution in [2.75, 3.05) is 13.2 Å². The van der Waals surface area contributed by atoms with Gasteiger partial charge < -0.3 is 15.0 Å². The molecule has 34 heavy (non-hydrogen) atoms. The highest BCUT2D eigenvalue weighted by atomic mass is 16.3. The number of carbonyl (C=O) groups is 1. The Hall–Kier alpha value is -2.44. The zero-order valence-electron chi connectivity index (χ0n) is 19.7.